The van der Waals surface area contributed by atoms with Gasteiger partial charge in [0.05, 0.1) is 31.1 Å². The molecule has 1 aliphatic heterocycles. The zero-order chi connectivity index (χ0) is 14.7. The van der Waals surface area contributed by atoms with E-state index < -0.39 is 0 Å². The minimum Gasteiger partial charge on any atom is -0.377 e. The van der Waals surface area contributed by atoms with Gasteiger partial charge in [-0.1, -0.05) is 30.3 Å². The molecule has 0 N–H and O–H groups in total. The van der Waals surface area contributed by atoms with E-state index in [1.54, 1.807) is 6.20 Å². The Balaban J connectivity index is 1.87. The number of nitrogens with zero attached hydrogens (tertiary/aromatic N) is 3. The van der Waals surface area contributed by atoms with Crippen molar-refractivity contribution in [3.8, 4) is 0 Å². The van der Waals surface area contributed by atoms with Crippen LogP contribution >= 0.6 is 0 Å². The number of morpholine rings is 1. The zero-order valence-electron chi connectivity index (χ0n) is 11.9. The topological polar surface area (TPSA) is 55.3 Å². The molecule has 21 heavy (non-hydrogen) atoms. The number of aryl methyl sites for hydroxylation is 1. The smallest absolute Gasteiger partial charge is 0.274 e. The molecule has 0 radical (unpaired) electrons. The summed E-state index contributed by atoms with van der Waals surface area (Å²) >= 11 is 0. The van der Waals surface area contributed by atoms with Crippen LogP contribution in [0, 0.1) is 6.92 Å². The number of hydrogen-bond donors (Lipinski definition) is 0. The maximum Gasteiger partial charge on any atom is 0.274 e. The van der Waals surface area contributed by atoms with E-state index in [0.717, 1.165) is 11.3 Å². The first-order valence-corrected chi connectivity index (χ1v) is 6.98. The van der Waals surface area contributed by atoms with Gasteiger partial charge in [0.1, 0.15) is 5.69 Å². The van der Waals surface area contributed by atoms with E-state index in [2.05, 4.69) is 9.97 Å². The van der Waals surface area contributed by atoms with Crippen LogP contribution in [0.3, 0.4) is 0 Å². The lowest BCUT2D eigenvalue weighted by Crippen LogP contribution is -2.43. The molecule has 5 heteroatoms. The van der Waals surface area contributed by atoms with Gasteiger partial charge in [-0.05, 0) is 12.5 Å². The van der Waals surface area contributed by atoms with E-state index in [1.807, 2.05) is 42.2 Å². The summed E-state index contributed by atoms with van der Waals surface area (Å²) in [7, 11) is 0. The summed E-state index contributed by atoms with van der Waals surface area (Å²) in [6.07, 6.45) is 3.15. The highest BCUT2D eigenvalue weighted by molar-refractivity contribution is 5.92. The van der Waals surface area contributed by atoms with Gasteiger partial charge in [-0.3, -0.25) is 9.78 Å². The molecular formula is C16H17N3O2. The minimum absolute atomic E-state index is 0.0736. The van der Waals surface area contributed by atoms with Crippen LogP contribution in [0.25, 0.3) is 0 Å². The van der Waals surface area contributed by atoms with Crippen molar-refractivity contribution in [2.75, 3.05) is 19.8 Å². The first-order valence-electron chi connectivity index (χ1n) is 6.98. The van der Waals surface area contributed by atoms with Crippen LogP contribution in [0.4, 0.5) is 0 Å². The van der Waals surface area contributed by atoms with E-state index in [0.29, 0.717) is 25.5 Å². The summed E-state index contributed by atoms with van der Waals surface area (Å²) in [5.41, 5.74) is 2.25. The highest BCUT2D eigenvalue weighted by atomic mass is 16.5. The summed E-state index contributed by atoms with van der Waals surface area (Å²) < 4.78 is 5.54. The lowest BCUT2D eigenvalue weighted by Gasteiger charge is -2.35. The standard InChI is InChI=1S/C16H17N3O2/c1-12-9-18-14(10-17-12)16(20)19-7-8-21-11-15(19)13-5-3-2-4-6-13/h2-6,9-10,15H,7-8,11H2,1H3/t15-/m1/s1. The normalized spacial score (nSPS) is 18.5. The van der Waals surface area contributed by atoms with Crippen LogP contribution in [0.15, 0.2) is 42.7 Å². The Morgan fingerprint density at radius 2 is 2.05 bits per heavy atom. The predicted octanol–water partition coefficient (Wildman–Crippen LogP) is 2.00. The van der Waals surface area contributed by atoms with Crippen molar-refractivity contribution in [2.45, 2.75) is 13.0 Å². The number of carbonyl (C=O) groups excluding carboxylic acids is 1. The average molecular weight is 283 g/mol. The van der Waals surface area contributed by atoms with Gasteiger partial charge in [0.25, 0.3) is 5.91 Å². The first kappa shape index (κ1) is 13.7. The van der Waals surface area contributed by atoms with Crippen LogP contribution in [0.2, 0.25) is 0 Å². The Kier molecular flexibility index (Phi) is 3.92. The number of benzene rings is 1. The summed E-state index contributed by atoms with van der Waals surface area (Å²) in [6, 6.07) is 9.86. The molecule has 0 bridgehead atoms. The summed E-state index contributed by atoms with van der Waals surface area (Å²) in [4.78, 5) is 22.8. The van der Waals surface area contributed by atoms with Crippen LogP contribution in [0.1, 0.15) is 27.8 Å². The second-order valence-electron chi connectivity index (χ2n) is 5.04. The summed E-state index contributed by atoms with van der Waals surface area (Å²) in [5.74, 6) is -0.0975. The largest absolute Gasteiger partial charge is 0.377 e. The van der Waals surface area contributed by atoms with Gasteiger partial charge in [-0.15, -0.1) is 0 Å². The van der Waals surface area contributed by atoms with Crippen molar-refractivity contribution >= 4 is 5.91 Å². The Morgan fingerprint density at radius 3 is 2.76 bits per heavy atom. The predicted molar refractivity (Wildman–Crippen MR) is 77.8 cm³/mol. The average Bonchev–Trinajstić information content (AvgIpc) is 2.56. The van der Waals surface area contributed by atoms with Gasteiger partial charge in [0, 0.05) is 12.7 Å². The molecule has 0 unspecified atom stereocenters. The SMILES string of the molecule is Cc1cnc(C(=O)N2CCOC[C@@H]2c2ccccc2)cn1. The van der Waals surface area contributed by atoms with Crippen LogP contribution in [-0.2, 0) is 4.74 Å². The van der Waals surface area contributed by atoms with Crippen LogP contribution in [-0.4, -0.2) is 40.5 Å². The first-order chi connectivity index (χ1) is 10.3. The number of rotatable bonds is 2. The molecule has 1 amide bonds. The fourth-order valence-electron chi connectivity index (χ4n) is 2.45. The molecular weight excluding hydrogens is 266 g/mol. The van der Waals surface area contributed by atoms with Crippen molar-refractivity contribution in [3.05, 3.63) is 59.7 Å². The molecule has 3 rings (SSSR count). The van der Waals surface area contributed by atoms with Gasteiger partial charge in [0.15, 0.2) is 0 Å². The molecule has 1 atom stereocenters. The molecule has 0 spiro atoms. The van der Waals surface area contributed by atoms with E-state index in [4.69, 9.17) is 4.74 Å². The van der Waals surface area contributed by atoms with E-state index in [1.165, 1.54) is 6.20 Å². The van der Waals surface area contributed by atoms with E-state index in [-0.39, 0.29) is 11.9 Å². The molecule has 108 valence electrons. The van der Waals surface area contributed by atoms with Crippen molar-refractivity contribution in [3.63, 3.8) is 0 Å². The molecule has 1 saturated heterocycles. The molecule has 0 aliphatic carbocycles. The van der Waals surface area contributed by atoms with Gasteiger partial charge in [0.2, 0.25) is 0 Å². The van der Waals surface area contributed by atoms with Crippen molar-refractivity contribution in [2.24, 2.45) is 0 Å². The molecule has 1 aromatic carbocycles. The highest BCUT2D eigenvalue weighted by Crippen LogP contribution is 2.25. The third-order valence-electron chi connectivity index (χ3n) is 3.57. The fraction of sp³-hybridized carbons (Fsp3) is 0.312. The van der Waals surface area contributed by atoms with Crippen LogP contribution in [0.5, 0.6) is 0 Å². The Hall–Kier alpha value is -2.27. The molecule has 1 aromatic heterocycles. The quantitative estimate of drug-likeness (QED) is 0.846. The second kappa shape index (κ2) is 6.01. The third kappa shape index (κ3) is 2.92. The molecule has 1 aliphatic rings. The Morgan fingerprint density at radius 1 is 1.24 bits per heavy atom. The number of amides is 1. The third-order valence-corrected chi connectivity index (χ3v) is 3.57. The fourth-order valence-corrected chi connectivity index (χ4v) is 2.45. The molecule has 2 heterocycles. The summed E-state index contributed by atoms with van der Waals surface area (Å²) in [6.45, 7) is 3.47. The van der Waals surface area contributed by atoms with Crippen molar-refractivity contribution in [1.82, 2.24) is 14.9 Å². The Bertz CT molecular complexity index is 613. The molecule has 0 saturated carbocycles. The van der Waals surface area contributed by atoms with Gasteiger partial charge < -0.3 is 9.64 Å². The van der Waals surface area contributed by atoms with Gasteiger partial charge >= 0.3 is 0 Å². The minimum atomic E-state index is -0.0975. The van der Waals surface area contributed by atoms with Crippen molar-refractivity contribution in [1.29, 1.82) is 0 Å². The molecule has 2 aromatic rings. The maximum absolute atomic E-state index is 12.7. The summed E-state index contributed by atoms with van der Waals surface area (Å²) in [5, 5.41) is 0. The van der Waals surface area contributed by atoms with E-state index in [9.17, 15) is 4.79 Å². The highest BCUT2D eigenvalue weighted by Gasteiger charge is 2.29. The monoisotopic (exact) mass is 283 g/mol. The molecule has 5 nitrogen and oxygen atoms in total. The lowest BCUT2D eigenvalue weighted by atomic mass is 10.0. The second-order valence-corrected chi connectivity index (χ2v) is 5.04. The lowest BCUT2D eigenvalue weighted by molar-refractivity contribution is -0.00303. The number of carbonyl (C=O) groups is 1. The maximum atomic E-state index is 12.7. The van der Waals surface area contributed by atoms with Crippen molar-refractivity contribution < 1.29 is 9.53 Å². The molecule has 1 fully saturated rings. The number of hydrogen-bond acceptors (Lipinski definition) is 4. The Labute approximate surface area is 123 Å². The van der Waals surface area contributed by atoms with Gasteiger partial charge in [-0.2, -0.15) is 0 Å². The van der Waals surface area contributed by atoms with Gasteiger partial charge in [-0.25, -0.2) is 4.98 Å². The van der Waals surface area contributed by atoms with Crippen LogP contribution < -0.4 is 0 Å². The van der Waals surface area contributed by atoms with E-state index >= 15 is 0 Å². The number of aromatic nitrogens is 2. The number of ether oxygens (including phenoxy) is 1. The zero-order valence-corrected chi connectivity index (χ0v) is 11.9.